The van der Waals surface area contributed by atoms with Gasteiger partial charge >= 0.3 is 0 Å². The number of hydrogen-bond acceptors (Lipinski definition) is 4. The Bertz CT molecular complexity index is 764. The number of ether oxygens (including phenoxy) is 2. The highest BCUT2D eigenvalue weighted by Gasteiger charge is 2.78. The Morgan fingerprint density at radius 1 is 1.06 bits per heavy atom. The minimum Gasteiger partial charge on any atom is -0.381 e. The van der Waals surface area contributed by atoms with Gasteiger partial charge in [-0.05, 0) is 73.0 Å². The molecule has 7 fully saturated rings. The van der Waals surface area contributed by atoms with E-state index in [9.17, 15) is 9.90 Å². The zero-order valence-corrected chi connectivity index (χ0v) is 19.9. The maximum Gasteiger partial charge on any atom is 0.194 e. The molecule has 0 radical (unpaired) electrons. The molecule has 3 saturated heterocycles. The molecule has 11 atom stereocenters. The minimum absolute atomic E-state index is 0.00614. The van der Waals surface area contributed by atoms with Crippen molar-refractivity contribution in [1.82, 2.24) is 0 Å². The van der Waals surface area contributed by atoms with Crippen molar-refractivity contribution in [3.05, 3.63) is 0 Å². The molecule has 0 amide bonds. The minimum atomic E-state index is -1.20. The van der Waals surface area contributed by atoms with E-state index in [1.54, 1.807) is 0 Å². The van der Waals surface area contributed by atoms with E-state index in [0.717, 1.165) is 30.6 Å². The van der Waals surface area contributed by atoms with Crippen molar-refractivity contribution in [2.45, 2.75) is 109 Å². The van der Waals surface area contributed by atoms with E-state index in [0.29, 0.717) is 36.2 Å². The quantitative estimate of drug-likeness (QED) is 0.639. The Balaban J connectivity index is 1.27. The second kappa shape index (κ2) is 6.79. The van der Waals surface area contributed by atoms with Crippen LogP contribution in [0.1, 0.15) is 85.5 Å². The van der Waals surface area contributed by atoms with Gasteiger partial charge in [0.15, 0.2) is 5.78 Å². The highest BCUT2D eigenvalue weighted by Crippen LogP contribution is 2.72. The second-order valence-electron chi connectivity index (χ2n) is 13.1. The lowest BCUT2D eigenvalue weighted by molar-refractivity contribution is -0.286. The fraction of sp³-hybridized carbons (Fsp3) is 0.963. The number of carbonyl (C=O) groups excluding carboxylic acids is 1. The molecule has 3 heterocycles. The Morgan fingerprint density at radius 3 is 2.61 bits per heavy atom. The van der Waals surface area contributed by atoms with Gasteiger partial charge in [0.25, 0.3) is 0 Å². The van der Waals surface area contributed by atoms with Crippen molar-refractivity contribution in [2.75, 3.05) is 6.61 Å². The van der Waals surface area contributed by atoms with Crippen LogP contribution in [0.4, 0.5) is 0 Å². The number of carbonyl (C=O) groups is 1. The molecule has 1 spiro atoms. The van der Waals surface area contributed by atoms with Crippen LogP contribution in [0.15, 0.2) is 0 Å². The molecule has 0 aromatic carbocycles. The van der Waals surface area contributed by atoms with Crippen LogP contribution in [-0.4, -0.2) is 41.4 Å². The number of rotatable bonds is 5. The molecular formula is C27H42O4. The number of fused-ring (bicyclic) bond motifs is 3. The topological polar surface area (TPSA) is 59.1 Å². The van der Waals surface area contributed by atoms with Gasteiger partial charge in [-0.15, -0.1) is 0 Å². The zero-order valence-electron chi connectivity index (χ0n) is 19.9. The Kier molecular flexibility index (Phi) is 4.62. The standard InChI is InChI=1S/C27H42O4/c1-15(2)6-5-7-16(3)17-8-9-18-22-19(10-11-25(17,18)4)26-12-20-21(31-20)13-27(26,29)24(28)23(22)30-14-26/h15-23,29H,5-14H2,1-4H3/t16-,17-,18+,19+,20-,21?,22+,23-,25-,26+,27+/m1/s1. The van der Waals surface area contributed by atoms with Gasteiger partial charge < -0.3 is 14.6 Å². The summed E-state index contributed by atoms with van der Waals surface area (Å²) in [6.45, 7) is 10.3. The van der Waals surface area contributed by atoms with Crippen LogP contribution in [0.5, 0.6) is 0 Å². The summed E-state index contributed by atoms with van der Waals surface area (Å²) in [7, 11) is 0. The van der Waals surface area contributed by atoms with Gasteiger partial charge in [-0.25, -0.2) is 0 Å². The molecule has 3 aliphatic heterocycles. The van der Waals surface area contributed by atoms with E-state index < -0.39 is 11.0 Å². The predicted octanol–water partition coefficient (Wildman–Crippen LogP) is 4.77. The average Bonchev–Trinajstić information content (AvgIpc) is 3.34. The van der Waals surface area contributed by atoms with Gasteiger partial charge in [0, 0.05) is 11.8 Å². The maximum absolute atomic E-state index is 13.6. The molecule has 1 unspecified atom stereocenters. The van der Waals surface area contributed by atoms with Crippen LogP contribution in [0.3, 0.4) is 0 Å². The van der Waals surface area contributed by atoms with E-state index in [4.69, 9.17) is 9.47 Å². The summed E-state index contributed by atoms with van der Waals surface area (Å²) in [4.78, 5) is 13.6. The van der Waals surface area contributed by atoms with Crippen molar-refractivity contribution in [2.24, 2.45) is 46.3 Å². The third-order valence-corrected chi connectivity index (χ3v) is 11.4. The van der Waals surface area contributed by atoms with Crippen LogP contribution in [0, 0.1) is 46.3 Å². The van der Waals surface area contributed by atoms with Crippen LogP contribution >= 0.6 is 0 Å². The summed E-state index contributed by atoms with van der Waals surface area (Å²) in [6, 6.07) is 0. The molecular weight excluding hydrogens is 388 g/mol. The van der Waals surface area contributed by atoms with Crippen LogP contribution < -0.4 is 0 Å². The summed E-state index contributed by atoms with van der Waals surface area (Å²) in [5.74, 6) is 3.62. The fourth-order valence-corrected chi connectivity index (χ4v) is 9.77. The summed E-state index contributed by atoms with van der Waals surface area (Å²) in [5.41, 5.74) is -1.28. The normalized spacial score (nSPS) is 55.4. The highest BCUT2D eigenvalue weighted by molar-refractivity contribution is 5.94. The molecule has 7 aliphatic rings. The van der Waals surface area contributed by atoms with E-state index in [-0.39, 0.29) is 24.1 Å². The molecule has 2 bridgehead atoms. The predicted molar refractivity (Wildman–Crippen MR) is 118 cm³/mol. The summed E-state index contributed by atoms with van der Waals surface area (Å²) in [5, 5.41) is 11.8. The largest absolute Gasteiger partial charge is 0.381 e. The molecule has 0 aromatic heterocycles. The van der Waals surface area contributed by atoms with E-state index in [2.05, 4.69) is 27.7 Å². The number of Topliss-reactive ketones (excluding diaryl/α,β-unsaturated/α-hetero) is 1. The molecule has 0 aromatic rings. The second-order valence-corrected chi connectivity index (χ2v) is 13.1. The first-order valence-corrected chi connectivity index (χ1v) is 13.2. The number of ketones is 1. The van der Waals surface area contributed by atoms with Crippen molar-refractivity contribution in [1.29, 1.82) is 0 Å². The lowest BCUT2D eigenvalue weighted by atomic mass is 9.40. The van der Waals surface area contributed by atoms with E-state index >= 15 is 0 Å². The molecule has 4 heteroatoms. The molecule has 1 N–H and O–H groups in total. The number of epoxide rings is 1. The lowest BCUT2D eigenvalue weighted by Crippen LogP contribution is -2.77. The molecule has 174 valence electrons. The van der Waals surface area contributed by atoms with E-state index in [1.807, 2.05) is 0 Å². The van der Waals surface area contributed by atoms with Gasteiger partial charge in [0.05, 0.1) is 18.8 Å². The third-order valence-electron chi connectivity index (χ3n) is 11.4. The maximum atomic E-state index is 13.6. The van der Waals surface area contributed by atoms with Gasteiger partial charge in [0.1, 0.15) is 11.7 Å². The first kappa shape index (κ1) is 21.1. The SMILES string of the molecule is CC(C)CCC[C@@H](C)[C@H]1CC[C@H]2[C@@H]3[C@H]4OC[C@@]5(C[C@H]6OC6C[C@]5(O)C4=O)[C@H]3CC[C@]12C. The molecule has 31 heavy (non-hydrogen) atoms. The fourth-order valence-electron chi connectivity index (χ4n) is 9.77. The number of aliphatic hydroxyl groups is 1. The van der Waals surface area contributed by atoms with Crippen LogP contribution in [-0.2, 0) is 14.3 Å². The first-order valence-electron chi connectivity index (χ1n) is 13.2. The summed E-state index contributed by atoms with van der Waals surface area (Å²) >= 11 is 0. The monoisotopic (exact) mass is 430 g/mol. The van der Waals surface area contributed by atoms with Crippen molar-refractivity contribution in [3.8, 4) is 0 Å². The van der Waals surface area contributed by atoms with Crippen molar-refractivity contribution < 1.29 is 19.4 Å². The van der Waals surface area contributed by atoms with Crippen molar-refractivity contribution >= 4 is 5.78 Å². The van der Waals surface area contributed by atoms with Crippen LogP contribution in [0.25, 0.3) is 0 Å². The lowest BCUT2D eigenvalue weighted by Gasteiger charge is -2.68. The molecule has 4 aliphatic carbocycles. The zero-order chi connectivity index (χ0) is 21.8. The third kappa shape index (κ3) is 2.68. The molecule has 4 saturated carbocycles. The van der Waals surface area contributed by atoms with Crippen molar-refractivity contribution in [3.63, 3.8) is 0 Å². The Morgan fingerprint density at radius 2 is 1.84 bits per heavy atom. The Hall–Kier alpha value is -0.450. The average molecular weight is 431 g/mol. The van der Waals surface area contributed by atoms with Gasteiger partial charge in [-0.1, -0.05) is 47.0 Å². The van der Waals surface area contributed by atoms with Gasteiger partial charge in [-0.2, -0.15) is 0 Å². The summed E-state index contributed by atoms with van der Waals surface area (Å²) < 4.78 is 12.2. The highest BCUT2D eigenvalue weighted by atomic mass is 16.6. The van der Waals surface area contributed by atoms with Gasteiger partial charge in [-0.3, -0.25) is 4.79 Å². The van der Waals surface area contributed by atoms with Crippen LogP contribution in [0.2, 0.25) is 0 Å². The Labute approximate surface area is 187 Å². The molecule has 7 rings (SSSR count). The summed E-state index contributed by atoms with van der Waals surface area (Å²) in [6.07, 6.45) is 10.3. The van der Waals surface area contributed by atoms with E-state index in [1.165, 1.54) is 38.5 Å². The van der Waals surface area contributed by atoms with Gasteiger partial charge in [0.2, 0.25) is 0 Å². The smallest absolute Gasteiger partial charge is 0.194 e. The first-order chi connectivity index (χ1) is 14.7. The molecule has 4 nitrogen and oxygen atoms in total. The number of hydrogen-bond donors (Lipinski definition) is 1.